The van der Waals surface area contributed by atoms with Crippen LogP contribution in [0.15, 0.2) is 109 Å². The smallest absolute Gasteiger partial charge is 0.429 e. The van der Waals surface area contributed by atoms with Crippen molar-refractivity contribution in [2.24, 2.45) is 0 Å². The predicted octanol–water partition coefficient (Wildman–Crippen LogP) is 11.7. The summed E-state index contributed by atoms with van der Waals surface area (Å²) in [5.74, 6) is -2.23. The molecule has 0 bridgehead atoms. The van der Waals surface area contributed by atoms with Gasteiger partial charge in [-0.1, -0.05) is 86.5 Å². The molecule has 0 unspecified atom stereocenters. The summed E-state index contributed by atoms with van der Waals surface area (Å²) in [5.41, 5.74) is 2.86. The van der Waals surface area contributed by atoms with Crippen molar-refractivity contribution in [3.63, 3.8) is 0 Å². The first kappa shape index (κ1) is 32.6. The van der Waals surface area contributed by atoms with Crippen LogP contribution in [0.1, 0.15) is 37.3 Å². The summed E-state index contributed by atoms with van der Waals surface area (Å²) in [5, 5.41) is 0. The fourth-order valence-electron chi connectivity index (χ4n) is 5.05. The minimum Gasteiger partial charge on any atom is -0.429 e. The SMILES string of the molecule is CCCCCc1ccc(-c2ccc(-c3ccc(OC(F)(F)c4ccc(-c5ccc(OC(F)(F)F)cc5)c(F)c4)cc3)c(F)c2)cc1. The normalized spacial score (nSPS) is 11.8. The third-order valence-corrected chi connectivity index (χ3v) is 7.44. The number of aryl methyl sites for hydroxylation is 1. The van der Waals surface area contributed by atoms with Crippen molar-refractivity contribution in [2.45, 2.75) is 45.1 Å². The summed E-state index contributed by atoms with van der Waals surface area (Å²) in [6, 6.07) is 25.3. The summed E-state index contributed by atoms with van der Waals surface area (Å²) < 4.78 is 106. The molecule has 0 N–H and O–H groups in total. The van der Waals surface area contributed by atoms with E-state index in [1.165, 1.54) is 54.4 Å². The molecule has 0 fully saturated rings. The number of rotatable bonds is 11. The highest BCUT2D eigenvalue weighted by Crippen LogP contribution is 2.36. The highest BCUT2D eigenvalue weighted by Gasteiger charge is 2.35. The summed E-state index contributed by atoms with van der Waals surface area (Å²) in [4.78, 5) is 0. The monoisotopic (exact) mass is 638 g/mol. The van der Waals surface area contributed by atoms with E-state index in [0.717, 1.165) is 49.1 Å². The molecule has 5 aromatic carbocycles. The number of benzene rings is 5. The molecule has 5 rings (SSSR count). The molecular formula is C37H29F7O2. The third kappa shape index (κ3) is 8.07. The molecule has 0 aliphatic carbocycles. The molecule has 0 amide bonds. The van der Waals surface area contributed by atoms with E-state index in [0.29, 0.717) is 17.2 Å². The molecule has 238 valence electrons. The van der Waals surface area contributed by atoms with Crippen LogP contribution in [-0.4, -0.2) is 6.36 Å². The van der Waals surface area contributed by atoms with Crippen LogP contribution in [0.25, 0.3) is 33.4 Å². The Bertz CT molecular complexity index is 1760. The lowest BCUT2D eigenvalue weighted by Gasteiger charge is -2.19. The highest BCUT2D eigenvalue weighted by atomic mass is 19.4. The van der Waals surface area contributed by atoms with Gasteiger partial charge in [0, 0.05) is 11.1 Å². The lowest BCUT2D eigenvalue weighted by atomic mass is 9.98. The van der Waals surface area contributed by atoms with Gasteiger partial charge in [0.1, 0.15) is 23.1 Å². The lowest BCUT2D eigenvalue weighted by molar-refractivity contribution is -0.274. The fourth-order valence-corrected chi connectivity index (χ4v) is 5.05. The van der Waals surface area contributed by atoms with E-state index < -0.39 is 35.4 Å². The number of halogens is 7. The Morgan fingerprint density at radius 2 is 1.02 bits per heavy atom. The number of hydrogen-bond acceptors (Lipinski definition) is 2. The van der Waals surface area contributed by atoms with Gasteiger partial charge < -0.3 is 9.47 Å². The molecule has 0 saturated carbocycles. The maximum atomic E-state index is 15.1. The van der Waals surface area contributed by atoms with Crippen molar-refractivity contribution < 1.29 is 40.2 Å². The fraction of sp³-hybridized carbons (Fsp3) is 0.189. The van der Waals surface area contributed by atoms with Crippen LogP contribution >= 0.6 is 0 Å². The Balaban J connectivity index is 1.25. The van der Waals surface area contributed by atoms with Gasteiger partial charge in [-0.15, -0.1) is 13.2 Å². The molecule has 5 aromatic rings. The molecule has 0 heterocycles. The quantitative estimate of drug-likeness (QED) is 0.106. The van der Waals surface area contributed by atoms with Crippen LogP contribution in [0.3, 0.4) is 0 Å². The Hall–Kier alpha value is -4.79. The van der Waals surface area contributed by atoms with Crippen LogP contribution in [-0.2, 0) is 12.5 Å². The zero-order valence-corrected chi connectivity index (χ0v) is 24.7. The molecule has 0 spiro atoms. The van der Waals surface area contributed by atoms with E-state index in [-0.39, 0.29) is 22.4 Å². The van der Waals surface area contributed by atoms with Crippen LogP contribution < -0.4 is 9.47 Å². The van der Waals surface area contributed by atoms with Gasteiger partial charge in [0.05, 0.1) is 5.56 Å². The van der Waals surface area contributed by atoms with Crippen molar-refractivity contribution >= 4 is 0 Å². The van der Waals surface area contributed by atoms with E-state index in [1.807, 2.05) is 24.3 Å². The number of hydrogen-bond donors (Lipinski definition) is 0. The van der Waals surface area contributed by atoms with Crippen molar-refractivity contribution in [2.75, 3.05) is 0 Å². The summed E-state index contributed by atoms with van der Waals surface area (Å²) in [6.45, 7) is 2.16. The second-order valence-electron chi connectivity index (χ2n) is 10.8. The van der Waals surface area contributed by atoms with Crippen LogP contribution in [0, 0.1) is 11.6 Å². The second kappa shape index (κ2) is 13.7. The first-order valence-corrected chi connectivity index (χ1v) is 14.6. The Morgan fingerprint density at radius 3 is 1.54 bits per heavy atom. The second-order valence-corrected chi connectivity index (χ2v) is 10.8. The first-order chi connectivity index (χ1) is 21.9. The van der Waals surface area contributed by atoms with Gasteiger partial charge in [0.25, 0.3) is 0 Å². The minimum atomic E-state index is -4.89. The minimum absolute atomic E-state index is 0.102. The van der Waals surface area contributed by atoms with Crippen molar-refractivity contribution in [1.29, 1.82) is 0 Å². The van der Waals surface area contributed by atoms with E-state index in [2.05, 4.69) is 11.7 Å². The van der Waals surface area contributed by atoms with Crippen LogP contribution in [0.5, 0.6) is 11.5 Å². The zero-order chi connectivity index (χ0) is 32.9. The molecule has 9 heteroatoms. The summed E-state index contributed by atoms with van der Waals surface area (Å²) in [6.07, 6.45) is -4.36. The lowest BCUT2D eigenvalue weighted by Crippen LogP contribution is -2.22. The van der Waals surface area contributed by atoms with Gasteiger partial charge in [-0.05, 0) is 83.1 Å². The molecule has 46 heavy (non-hydrogen) atoms. The Morgan fingerprint density at radius 1 is 0.522 bits per heavy atom. The number of ether oxygens (including phenoxy) is 2. The first-order valence-electron chi connectivity index (χ1n) is 14.6. The average Bonchev–Trinajstić information content (AvgIpc) is 3.01. The largest absolute Gasteiger partial charge is 0.573 e. The average molecular weight is 639 g/mol. The molecule has 0 atom stereocenters. The van der Waals surface area contributed by atoms with Gasteiger partial charge in [-0.25, -0.2) is 8.78 Å². The Kier molecular flexibility index (Phi) is 9.70. The van der Waals surface area contributed by atoms with E-state index in [1.54, 1.807) is 12.1 Å². The van der Waals surface area contributed by atoms with E-state index >= 15 is 4.39 Å². The van der Waals surface area contributed by atoms with Gasteiger partial charge in [0.2, 0.25) is 0 Å². The maximum Gasteiger partial charge on any atom is 0.573 e. The van der Waals surface area contributed by atoms with Gasteiger partial charge >= 0.3 is 12.5 Å². The Labute approximate surface area is 262 Å². The van der Waals surface area contributed by atoms with Gasteiger partial charge in [0.15, 0.2) is 0 Å². The molecule has 0 radical (unpaired) electrons. The molecule has 0 aliphatic rings. The van der Waals surface area contributed by atoms with Crippen LogP contribution in [0.2, 0.25) is 0 Å². The van der Waals surface area contributed by atoms with Crippen molar-refractivity contribution in [3.05, 3.63) is 132 Å². The van der Waals surface area contributed by atoms with Crippen molar-refractivity contribution in [3.8, 4) is 44.9 Å². The highest BCUT2D eigenvalue weighted by molar-refractivity contribution is 5.71. The molecule has 0 saturated heterocycles. The summed E-state index contributed by atoms with van der Waals surface area (Å²) in [7, 11) is 0. The number of alkyl halides is 5. The zero-order valence-electron chi connectivity index (χ0n) is 24.7. The molecule has 0 aromatic heterocycles. The summed E-state index contributed by atoms with van der Waals surface area (Å²) >= 11 is 0. The molecular weight excluding hydrogens is 609 g/mol. The van der Waals surface area contributed by atoms with Crippen LogP contribution in [0.4, 0.5) is 30.7 Å². The predicted molar refractivity (Wildman–Crippen MR) is 164 cm³/mol. The van der Waals surface area contributed by atoms with Gasteiger partial charge in [-0.3, -0.25) is 0 Å². The topological polar surface area (TPSA) is 18.5 Å². The van der Waals surface area contributed by atoms with E-state index in [4.69, 9.17) is 4.74 Å². The van der Waals surface area contributed by atoms with Crippen molar-refractivity contribution in [1.82, 2.24) is 0 Å². The molecule has 0 aliphatic heterocycles. The number of unbranched alkanes of at least 4 members (excludes halogenated alkanes) is 2. The molecule has 2 nitrogen and oxygen atoms in total. The van der Waals surface area contributed by atoms with E-state index in [9.17, 15) is 26.3 Å². The third-order valence-electron chi connectivity index (χ3n) is 7.44. The maximum absolute atomic E-state index is 15.1. The standard InChI is InChI=1S/C37H29F7O2/c1-2-3-4-5-24-6-8-25(9-7-24)28-14-20-32(34(38)22-28)26-10-16-30(17-11-26)45-36(40,41)29-15-21-33(35(39)23-29)27-12-18-31(19-13-27)46-37(42,43)44/h6-23H,2-5H2,1H3. The van der Waals surface area contributed by atoms with Gasteiger partial charge in [-0.2, -0.15) is 8.78 Å².